The molecule has 2 aliphatic heterocycles. The van der Waals surface area contributed by atoms with E-state index in [9.17, 15) is 4.79 Å². The lowest BCUT2D eigenvalue weighted by Crippen LogP contribution is -2.34. The van der Waals surface area contributed by atoms with Crippen LogP contribution in [0.25, 0.3) is 0 Å². The summed E-state index contributed by atoms with van der Waals surface area (Å²) in [5, 5.41) is 3.37. The average molecular weight is 212 g/mol. The first-order valence-corrected chi connectivity index (χ1v) is 5.87. The summed E-state index contributed by atoms with van der Waals surface area (Å²) in [6, 6.07) is 0. The van der Waals surface area contributed by atoms with Gasteiger partial charge in [-0.3, -0.25) is 4.79 Å². The van der Waals surface area contributed by atoms with Gasteiger partial charge in [0.15, 0.2) is 0 Å². The van der Waals surface area contributed by atoms with E-state index in [0.29, 0.717) is 18.4 Å². The summed E-state index contributed by atoms with van der Waals surface area (Å²) in [7, 11) is 0. The predicted octanol–water partition coefficient (Wildman–Crippen LogP) is 0.0908. The fourth-order valence-corrected chi connectivity index (χ4v) is 2.45. The number of amides is 1. The fourth-order valence-electron chi connectivity index (χ4n) is 2.45. The third-order valence-electron chi connectivity index (χ3n) is 3.32. The molecule has 1 amide bonds. The van der Waals surface area contributed by atoms with Gasteiger partial charge in [-0.15, -0.1) is 0 Å². The van der Waals surface area contributed by atoms with Gasteiger partial charge < -0.3 is 15.0 Å². The molecular formula is C11H20N2O2. The molecular weight excluding hydrogens is 192 g/mol. The molecule has 15 heavy (non-hydrogen) atoms. The number of likely N-dealkylation sites (tertiary alicyclic amines) is 1. The Kier molecular flexibility index (Phi) is 3.59. The van der Waals surface area contributed by atoms with Crippen molar-refractivity contribution in [2.45, 2.75) is 13.3 Å². The Balaban J connectivity index is 1.73. The first-order chi connectivity index (χ1) is 7.31. The van der Waals surface area contributed by atoms with Gasteiger partial charge >= 0.3 is 0 Å². The van der Waals surface area contributed by atoms with Crippen molar-refractivity contribution in [3.8, 4) is 0 Å². The molecule has 0 bridgehead atoms. The van der Waals surface area contributed by atoms with E-state index >= 15 is 0 Å². The Labute approximate surface area is 91.0 Å². The van der Waals surface area contributed by atoms with Crippen LogP contribution in [0.3, 0.4) is 0 Å². The molecule has 2 rings (SSSR count). The maximum Gasteiger partial charge on any atom is 0.248 e. The molecule has 2 aliphatic rings. The summed E-state index contributed by atoms with van der Waals surface area (Å²) < 4.78 is 5.27. The van der Waals surface area contributed by atoms with Crippen LogP contribution in [-0.4, -0.2) is 50.2 Å². The predicted molar refractivity (Wildman–Crippen MR) is 57.5 cm³/mol. The number of nitrogens with zero attached hydrogens (tertiary/aromatic N) is 1. The van der Waals surface area contributed by atoms with Crippen molar-refractivity contribution in [3.05, 3.63) is 0 Å². The van der Waals surface area contributed by atoms with Crippen LogP contribution < -0.4 is 5.32 Å². The van der Waals surface area contributed by atoms with Gasteiger partial charge in [-0.05, 0) is 18.3 Å². The molecule has 0 aromatic carbocycles. The highest BCUT2D eigenvalue weighted by Crippen LogP contribution is 2.26. The van der Waals surface area contributed by atoms with Crippen LogP contribution in [0.15, 0.2) is 0 Å². The largest absolute Gasteiger partial charge is 0.372 e. The highest BCUT2D eigenvalue weighted by molar-refractivity contribution is 5.77. The van der Waals surface area contributed by atoms with Crippen LogP contribution in [0.5, 0.6) is 0 Å². The smallest absolute Gasteiger partial charge is 0.248 e. The molecule has 2 fully saturated rings. The van der Waals surface area contributed by atoms with Crippen molar-refractivity contribution in [2.24, 2.45) is 11.8 Å². The van der Waals surface area contributed by atoms with E-state index in [4.69, 9.17) is 4.74 Å². The fraction of sp³-hybridized carbons (Fsp3) is 0.909. The first kappa shape index (κ1) is 10.9. The van der Waals surface area contributed by atoms with Crippen molar-refractivity contribution in [3.63, 3.8) is 0 Å². The van der Waals surface area contributed by atoms with Gasteiger partial charge in [0.2, 0.25) is 5.91 Å². The Morgan fingerprint density at radius 1 is 1.40 bits per heavy atom. The van der Waals surface area contributed by atoms with E-state index < -0.39 is 0 Å². The Morgan fingerprint density at radius 3 is 2.67 bits per heavy atom. The summed E-state index contributed by atoms with van der Waals surface area (Å²) in [5.74, 6) is 1.53. The number of nitrogens with one attached hydrogen (secondary N) is 1. The van der Waals surface area contributed by atoms with Crippen LogP contribution in [0.1, 0.15) is 13.3 Å². The van der Waals surface area contributed by atoms with Gasteiger partial charge in [-0.1, -0.05) is 6.92 Å². The summed E-state index contributed by atoms with van der Waals surface area (Å²) >= 11 is 0. The molecule has 0 spiro atoms. The van der Waals surface area contributed by atoms with Gasteiger partial charge in [-0.25, -0.2) is 0 Å². The second-order valence-corrected chi connectivity index (χ2v) is 4.53. The molecule has 4 nitrogen and oxygen atoms in total. The zero-order chi connectivity index (χ0) is 10.7. The molecule has 1 N–H and O–H groups in total. The van der Waals surface area contributed by atoms with Crippen molar-refractivity contribution < 1.29 is 9.53 Å². The summed E-state index contributed by atoms with van der Waals surface area (Å²) in [6.07, 6.45) is 0.975. The van der Waals surface area contributed by atoms with Gasteiger partial charge in [-0.2, -0.15) is 0 Å². The lowest BCUT2D eigenvalue weighted by Gasteiger charge is -2.17. The molecule has 2 atom stereocenters. The number of rotatable bonds is 4. The Bertz CT molecular complexity index is 221. The second-order valence-electron chi connectivity index (χ2n) is 4.53. The lowest BCUT2D eigenvalue weighted by molar-refractivity contribution is -0.135. The SMILES string of the molecule is CCCOCC(=O)N1CC2CNCC2C1. The van der Waals surface area contributed by atoms with Crippen molar-refractivity contribution in [2.75, 3.05) is 39.4 Å². The summed E-state index contributed by atoms with van der Waals surface area (Å²) in [4.78, 5) is 13.7. The van der Waals surface area contributed by atoms with E-state index in [0.717, 1.165) is 32.6 Å². The van der Waals surface area contributed by atoms with Crippen molar-refractivity contribution in [1.82, 2.24) is 10.2 Å². The maximum atomic E-state index is 11.7. The van der Waals surface area contributed by atoms with E-state index in [-0.39, 0.29) is 12.5 Å². The number of fused-ring (bicyclic) bond motifs is 1. The highest BCUT2D eigenvalue weighted by Gasteiger charge is 2.37. The normalized spacial score (nSPS) is 29.5. The Hall–Kier alpha value is -0.610. The van der Waals surface area contributed by atoms with E-state index in [2.05, 4.69) is 12.2 Å². The van der Waals surface area contributed by atoms with Crippen molar-refractivity contribution >= 4 is 5.91 Å². The second kappa shape index (κ2) is 4.94. The van der Waals surface area contributed by atoms with Gasteiger partial charge in [0, 0.05) is 32.8 Å². The van der Waals surface area contributed by atoms with Gasteiger partial charge in [0.25, 0.3) is 0 Å². The van der Waals surface area contributed by atoms with E-state index in [1.54, 1.807) is 0 Å². The number of hydrogen-bond acceptors (Lipinski definition) is 3. The van der Waals surface area contributed by atoms with Crippen LogP contribution in [0, 0.1) is 11.8 Å². The minimum atomic E-state index is 0.165. The standard InChI is InChI=1S/C11H20N2O2/c1-2-3-15-8-11(14)13-6-9-4-12-5-10(9)7-13/h9-10,12H,2-8H2,1H3. The third-order valence-corrected chi connectivity index (χ3v) is 3.32. The molecule has 0 aromatic heterocycles. The molecule has 2 unspecified atom stereocenters. The number of carbonyl (C=O) groups is 1. The zero-order valence-corrected chi connectivity index (χ0v) is 9.37. The quantitative estimate of drug-likeness (QED) is 0.672. The first-order valence-electron chi connectivity index (χ1n) is 5.87. The number of carbonyl (C=O) groups excluding carboxylic acids is 1. The molecule has 0 aliphatic carbocycles. The van der Waals surface area contributed by atoms with Crippen LogP contribution in [-0.2, 0) is 9.53 Å². The third kappa shape index (κ3) is 2.49. The lowest BCUT2D eigenvalue weighted by atomic mass is 10.0. The topological polar surface area (TPSA) is 41.6 Å². The maximum absolute atomic E-state index is 11.7. The van der Waals surface area contributed by atoms with Crippen molar-refractivity contribution in [1.29, 1.82) is 0 Å². The molecule has 0 radical (unpaired) electrons. The average Bonchev–Trinajstić information content (AvgIpc) is 2.76. The molecule has 4 heteroatoms. The van der Waals surface area contributed by atoms with Crippen LogP contribution >= 0.6 is 0 Å². The minimum absolute atomic E-state index is 0.165. The van der Waals surface area contributed by atoms with E-state index in [1.807, 2.05) is 4.90 Å². The monoisotopic (exact) mass is 212 g/mol. The van der Waals surface area contributed by atoms with Crippen LogP contribution in [0.2, 0.25) is 0 Å². The van der Waals surface area contributed by atoms with Gasteiger partial charge in [0.1, 0.15) is 6.61 Å². The molecule has 86 valence electrons. The summed E-state index contributed by atoms with van der Waals surface area (Å²) in [5.41, 5.74) is 0. The number of hydrogen-bond donors (Lipinski definition) is 1. The summed E-state index contributed by atoms with van der Waals surface area (Å²) in [6.45, 7) is 7.00. The zero-order valence-electron chi connectivity index (χ0n) is 9.37. The minimum Gasteiger partial charge on any atom is -0.372 e. The van der Waals surface area contributed by atoms with E-state index in [1.165, 1.54) is 0 Å². The molecule has 2 heterocycles. The Morgan fingerprint density at radius 2 is 2.07 bits per heavy atom. The van der Waals surface area contributed by atoms with Crippen LogP contribution in [0.4, 0.5) is 0 Å². The number of ether oxygens (including phenoxy) is 1. The highest BCUT2D eigenvalue weighted by atomic mass is 16.5. The molecule has 0 saturated carbocycles. The molecule has 0 aromatic rings. The van der Waals surface area contributed by atoms with Gasteiger partial charge in [0.05, 0.1) is 0 Å². The molecule has 2 saturated heterocycles.